The van der Waals surface area contributed by atoms with E-state index in [9.17, 15) is 9.59 Å². The molecule has 1 fully saturated rings. The molecule has 2 atom stereocenters. The van der Waals surface area contributed by atoms with Gasteiger partial charge in [0.05, 0.1) is 30.4 Å². The van der Waals surface area contributed by atoms with Gasteiger partial charge in [-0.15, -0.1) is 0 Å². The fourth-order valence-electron chi connectivity index (χ4n) is 4.46. The molecule has 1 amide bonds. The topological polar surface area (TPSA) is 115 Å². The average Bonchev–Trinajstić information content (AvgIpc) is 2.87. The highest BCUT2D eigenvalue weighted by Gasteiger charge is 2.28. The van der Waals surface area contributed by atoms with E-state index >= 15 is 0 Å². The van der Waals surface area contributed by atoms with E-state index in [-0.39, 0.29) is 23.3 Å². The van der Waals surface area contributed by atoms with Crippen LogP contribution in [0.15, 0.2) is 35.4 Å². The second kappa shape index (κ2) is 10.8. The molecule has 2 aromatic rings. The van der Waals surface area contributed by atoms with E-state index < -0.39 is 0 Å². The lowest BCUT2D eigenvalue weighted by Gasteiger charge is -2.35. The van der Waals surface area contributed by atoms with Crippen LogP contribution in [0.2, 0.25) is 0 Å². The number of carbonyl (C=O) groups excluding carboxylic acids is 1. The van der Waals surface area contributed by atoms with Crippen molar-refractivity contribution >= 4 is 28.4 Å². The molecule has 1 N–H and O–H groups in total. The lowest BCUT2D eigenvalue weighted by molar-refractivity contribution is -0.132. The minimum Gasteiger partial charge on any atom is -0.381 e. The van der Waals surface area contributed by atoms with E-state index in [1.165, 1.54) is 0 Å². The second-order valence-corrected chi connectivity index (χ2v) is 9.02. The second-order valence-electron chi connectivity index (χ2n) is 8.61. The van der Waals surface area contributed by atoms with Gasteiger partial charge in [0.25, 0.3) is 5.56 Å². The zero-order chi connectivity index (χ0) is 24.1. The number of fused-ring (bicyclic) bond motifs is 1. The lowest BCUT2D eigenvalue weighted by atomic mass is 9.81. The number of halogens is 1. The minimum atomic E-state index is -0.280. The molecule has 4 rings (SSSR count). The molecule has 2 unspecified atom stereocenters. The summed E-state index contributed by atoms with van der Waals surface area (Å²) in [5.74, 6) is 1.13. The zero-order valence-corrected chi connectivity index (χ0v) is 19.8. The van der Waals surface area contributed by atoms with Gasteiger partial charge in [0.1, 0.15) is 11.9 Å². The Morgan fingerprint density at radius 1 is 1.32 bits per heavy atom. The van der Waals surface area contributed by atoms with Gasteiger partial charge < -0.3 is 14.5 Å². The van der Waals surface area contributed by atoms with E-state index in [4.69, 9.17) is 21.6 Å². The fourth-order valence-corrected chi connectivity index (χ4v) is 4.75. The fraction of sp³-hybridized carbons (Fsp3) is 0.458. The molecule has 3 heterocycles. The third-order valence-corrected chi connectivity index (χ3v) is 6.78. The average molecular weight is 483 g/mol. The Morgan fingerprint density at radius 2 is 2.12 bits per heavy atom. The molecule has 1 aliphatic carbocycles. The molecule has 0 radical (unpaired) electrons. The maximum Gasteiger partial charge on any atom is 0.273 e. The zero-order valence-electron chi connectivity index (χ0n) is 19.0. The summed E-state index contributed by atoms with van der Waals surface area (Å²) in [4.78, 5) is 33.0. The van der Waals surface area contributed by atoms with Gasteiger partial charge in [-0.1, -0.05) is 24.6 Å². The van der Waals surface area contributed by atoms with Crippen LogP contribution in [0.5, 0.6) is 0 Å². The summed E-state index contributed by atoms with van der Waals surface area (Å²) in [6.07, 6.45) is 6.16. The number of allylic oxidation sites excluding steroid dienone is 1. The van der Waals surface area contributed by atoms with Crippen molar-refractivity contribution in [2.75, 3.05) is 44.3 Å². The first-order valence-electron chi connectivity index (χ1n) is 11.4. The Labute approximate surface area is 203 Å². The van der Waals surface area contributed by atoms with Gasteiger partial charge in [-0.05, 0) is 36.0 Å². The summed E-state index contributed by atoms with van der Waals surface area (Å²) in [6, 6.07) is 5.66. The molecule has 2 aromatic heterocycles. The van der Waals surface area contributed by atoms with Crippen molar-refractivity contribution < 1.29 is 9.53 Å². The first kappa shape index (κ1) is 23.9. The van der Waals surface area contributed by atoms with Crippen LogP contribution in [-0.2, 0) is 9.53 Å². The normalized spacial score (nSPS) is 18.6. The number of anilines is 1. The Morgan fingerprint density at radius 3 is 2.82 bits per heavy atom. The van der Waals surface area contributed by atoms with Crippen molar-refractivity contribution in [3.8, 4) is 6.07 Å². The first-order valence-corrected chi connectivity index (χ1v) is 11.8. The smallest absolute Gasteiger partial charge is 0.273 e. The SMILES string of the molecule is CC(COCCC(=O)N1CCN(c2ccc(C#N)cn2)CC1)C1CC=C(Cl)c2c1cn[nH]c2=O. The number of ether oxygens (including phenoxy) is 1. The summed E-state index contributed by atoms with van der Waals surface area (Å²) < 4.78 is 5.84. The first-order chi connectivity index (χ1) is 16.5. The van der Waals surface area contributed by atoms with Crippen molar-refractivity contribution in [3.05, 3.63) is 57.6 Å². The number of rotatable bonds is 7. The van der Waals surface area contributed by atoms with Crippen LogP contribution in [-0.4, -0.2) is 65.4 Å². The molecule has 0 aromatic carbocycles. The van der Waals surface area contributed by atoms with Gasteiger partial charge in [0.2, 0.25) is 5.91 Å². The Kier molecular flexibility index (Phi) is 7.60. The molecule has 1 saturated heterocycles. The minimum absolute atomic E-state index is 0.0774. The maximum absolute atomic E-state index is 12.6. The Balaban J connectivity index is 1.20. The number of H-pyrrole nitrogens is 1. The van der Waals surface area contributed by atoms with E-state index in [0.717, 1.165) is 17.8 Å². The van der Waals surface area contributed by atoms with Crippen LogP contribution in [0.1, 0.15) is 42.4 Å². The van der Waals surface area contributed by atoms with Crippen molar-refractivity contribution in [1.82, 2.24) is 20.1 Å². The molecule has 1 aliphatic heterocycles. The van der Waals surface area contributed by atoms with Crippen molar-refractivity contribution in [1.29, 1.82) is 5.26 Å². The maximum atomic E-state index is 12.6. The molecule has 0 bridgehead atoms. The quantitative estimate of drug-likeness (QED) is 0.603. The summed E-state index contributed by atoms with van der Waals surface area (Å²) in [6.45, 7) is 5.56. The van der Waals surface area contributed by atoms with E-state index in [0.29, 0.717) is 62.0 Å². The van der Waals surface area contributed by atoms with E-state index in [1.807, 2.05) is 17.0 Å². The van der Waals surface area contributed by atoms with Crippen LogP contribution in [0.4, 0.5) is 5.82 Å². The number of piperazine rings is 1. The molecule has 178 valence electrons. The summed E-state index contributed by atoms with van der Waals surface area (Å²) in [5, 5.41) is 15.7. The molecule has 0 spiro atoms. The summed E-state index contributed by atoms with van der Waals surface area (Å²) in [7, 11) is 0. The van der Waals surface area contributed by atoms with Gasteiger partial charge in [0.15, 0.2) is 0 Å². The third-order valence-electron chi connectivity index (χ3n) is 6.44. The Hall–Kier alpha value is -3.22. The number of nitrogens with zero attached hydrogens (tertiary/aromatic N) is 5. The molecule has 2 aliphatic rings. The van der Waals surface area contributed by atoms with E-state index in [2.05, 4.69) is 33.1 Å². The summed E-state index contributed by atoms with van der Waals surface area (Å²) in [5.41, 5.74) is 1.59. The molecule has 10 heteroatoms. The number of nitriles is 1. The number of amides is 1. The van der Waals surface area contributed by atoms with Gasteiger partial charge in [0, 0.05) is 44.0 Å². The number of pyridine rings is 1. The highest BCUT2D eigenvalue weighted by molar-refractivity contribution is 6.49. The number of hydrogen-bond donors (Lipinski definition) is 1. The predicted molar refractivity (Wildman–Crippen MR) is 128 cm³/mol. The van der Waals surface area contributed by atoms with Crippen molar-refractivity contribution in [2.24, 2.45) is 5.92 Å². The van der Waals surface area contributed by atoms with Crippen molar-refractivity contribution in [3.63, 3.8) is 0 Å². The standard InChI is InChI=1S/C24H27ClN6O3/c1-16(18-3-4-20(25)23-19(18)14-28-29-24(23)33)15-34-11-6-22(32)31-9-7-30(8-10-31)21-5-2-17(12-26)13-27-21/h2,4-5,13-14,16,18H,3,6-11,15H2,1H3,(H,29,33). The van der Waals surface area contributed by atoms with Gasteiger partial charge in [-0.2, -0.15) is 10.4 Å². The van der Waals surface area contributed by atoms with Gasteiger partial charge in [-0.25, -0.2) is 10.1 Å². The number of carbonyl (C=O) groups is 1. The van der Waals surface area contributed by atoms with Gasteiger partial charge in [-0.3, -0.25) is 9.59 Å². The number of aromatic nitrogens is 3. The van der Waals surface area contributed by atoms with Crippen LogP contribution in [0.3, 0.4) is 0 Å². The van der Waals surface area contributed by atoms with Crippen LogP contribution < -0.4 is 10.5 Å². The van der Waals surface area contributed by atoms with Gasteiger partial charge >= 0.3 is 0 Å². The van der Waals surface area contributed by atoms with E-state index in [1.54, 1.807) is 18.5 Å². The highest BCUT2D eigenvalue weighted by Crippen LogP contribution is 2.38. The monoisotopic (exact) mass is 482 g/mol. The molecule has 0 saturated carbocycles. The molecular formula is C24H27ClN6O3. The lowest BCUT2D eigenvalue weighted by Crippen LogP contribution is -2.49. The molecule has 9 nitrogen and oxygen atoms in total. The molecule has 34 heavy (non-hydrogen) atoms. The van der Waals surface area contributed by atoms with Crippen LogP contribution in [0, 0.1) is 17.2 Å². The number of aromatic amines is 1. The number of nitrogens with one attached hydrogen (secondary N) is 1. The highest BCUT2D eigenvalue weighted by atomic mass is 35.5. The third kappa shape index (κ3) is 5.29. The largest absolute Gasteiger partial charge is 0.381 e. The number of hydrogen-bond acceptors (Lipinski definition) is 7. The summed E-state index contributed by atoms with van der Waals surface area (Å²) >= 11 is 6.24. The Bertz CT molecular complexity index is 1150. The molecular weight excluding hydrogens is 456 g/mol. The van der Waals surface area contributed by atoms with Crippen LogP contribution >= 0.6 is 11.6 Å². The van der Waals surface area contributed by atoms with Crippen molar-refractivity contribution in [2.45, 2.75) is 25.7 Å². The predicted octanol–water partition coefficient (Wildman–Crippen LogP) is 2.50. The van der Waals surface area contributed by atoms with Crippen LogP contribution in [0.25, 0.3) is 5.03 Å².